The summed E-state index contributed by atoms with van der Waals surface area (Å²) in [4.78, 5) is 36.1. The topological polar surface area (TPSA) is 126 Å². The van der Waals surface area contributed by atoms with E-state index >= 15 is 0 Å². The van der Waals surface area contributed by atoms with Crippen molar-refractivity contribution < 1.29 is 18.0 Å². The van der Waals surface area contributed by atoms with E-state index in [1.54, 1.807) is 35.8 Å². The number of aromatic nitrogens is 1. The number of benzene rings is 1. The quantitative estimate of drug-likeness (QED) is 0.496. The van der Waals surface area contributed by atoms with Crippen LogP contribution in [0.5, 0.6) is 0 Å². The van der Waals surface area contributed by atoms with Gasteiger partial charge in [0.05, 0.1) is 4.90 Å². The predicted molar refractivity (Wildman–Crippen MR) is 120 cm³/mol. The standard InChI is InChI=1S/C21H25BN4O5S/c1-14(25-32(30,31)18-5-3-2-4-6-18)11-23-20(28)16-9-17-8-7-15(12-24-21(22)29)13-26(17)19(27)10-16/h2-6,9-10,14-15,25H,7-8,11-13H2,1H3,(H,23,28)(H,24,29). The van der Waals surface area contributed by atoms with E-state index in [1.807, 2.05) is 0 Å². The van der Waals surface area contributed by atoms with Crippen LogP contribution >= 0.6 is 0 Å². The molecule has 0 bridgehead atoms. The maximum Gasteiger partial charge on any atom is 0.251 e. The lowest BCUT2D eigenvalue weighted by molar-refractivity contribution is 0.0950. The largest absolute Gasteiger partial charge is 0.366 e. The van der Waals surface area contributed by atoms with Crippen LogP contribution in [0.4, 0.5) is 4.79 Å². The highest BCUT2D eigenvalue weighted by Crippen LogP contribution is 2.18. The lowest BCUT2D eigenvalue weighted by Crippen LogP contribution is -2.42. The van der Waals surface area contributed by atoms with E-state index in [0.29, 0.717) is 19.5 Å². The first kappa shape index (κ1) is 23.7. The summed E-state index contributed by atoms with van der Waals surface area (Å²) in [6, 6.07) is 10.3. The van der Waals surface area contributed by atoms with Crippen LogP contribution in [0.1, 0.15) is 29.4 Å². The summed E-state index contributed by atoms with van der Waals surface area (Å²) in [7, 11) is 1.40. The van der Waals surface area contributed by atoms with Gasteiger partial charge in [0.1, 0.15) is 0 Å². The zero-order valence-electron chi connectivity index (χ0n) is 17.7. The van der Waals surface area contributed by atoms with E-state index < -0.39 is 27.8 Å². The Morgan fingerprint density at radius 2 is 1.91 bits per heavy atom. The van der Waals surface area contributed by atoms with Gasteiger partial charge in [-0.3, -0.25) is 14.4 Å². The number of fused-ring (bicyclic) bond motifs is 1. The molecule has 1 aliphatic rings. The van der Waals surface area contributed by atoms with Crippen molar-refractivity contribution in [2.75, 3.05) is 13.1 Å². The van der Waals surface area contributed by atoms with Crippen LogP contribution in [0, 0.1) is 5.92 Å². The van der Waals surface area contributed by atoms with Crippen LogP contribution in [0.3, 0.4) is 0 Å². The van der Waals surface area contributed by atoms with E-state index in [1.165, 1.54) is 18.2 Å². The van der Waals surface area contributed by atoms with E-state index in [2.05, 4.69) is 15.4 Å². The zero-order valence-corrected chi connectivity index (χ0v) is 18.5. The number of hydrogen-bond acceptors (Lipinski definition) is 5. The van der Waals surface area contributed by atoms with Gasteiger partial charge in [0.15, 0.2) is 13.7 Å². The van der Waals surface area contributed by atoms with Gasteiger partial charge < -0.3 is 15.2 Å². The second-order valence-corrected chi connectivity index (χ2v) is 9.59. The van der Waals surface area contributed by atoms with Gasteiger partial charge in [0.2, 0.25) is 10.0 Å². The molecular weight excluding hydrogens is 431 g/mol. The summed E-state index contributed by atoms with van der Waals surface area (Å²) in [5, 5.41) is 5.23. The Labute approximate surface area is 188 Å². The summed E-state index contributed by atoms with van der Waals surface area (Å²) in [5.41, 5.74) is 0.679. The molecule has 2 aromatic rings. The average molecular weight is 456 g/mol. The third-order valence-electron chi connectivity index (χ3n) is 5.27. The molecule has 11 heteroatoms. The SMILES string of the molecule is [B]C(=O)NCC1CCc2cc(C(=O)NCC(C)NS(=O)(=O)c3ccccc3)cc(=O)n2C1. The molecule has 0 spiro atoms. The van der Waals surface area contributed by atoms with Crippen molar-refractivity contribution in [3.05, 3.63) is 64.1 Å². The Kier molecular flexibility index (Phi) is 7.52. The lowest BCUT2D eigenvalue weighted by atomic mass is 9.95. The van der Waals surface area contributed by atoms with Crippen LogP contribution in [0.15, 0.2) is 52.2 Å². The van der Waals surface area contributed by atoms with Gasteiger partial charge >= 0.3 is 0 Å². The monoisotopic (exact) mass is 456 g/mol. The number of carbonyl (C=O) groups is 2. The molecule has 2 amide bonds. The van der Waals surface area contributed by atoms with E-state index in [-0.39, 0.29) is 28.5 Å². The molecule has 0 saturated carbocycles. The molecule has 9 nitrogen and oxygen atoms in total. The number of carbonyl (C=O) groups excluding carboxylic acids is 2. The molecule has 0 fully saturated rings. The molecule has 1 aromatic carbocycles. The van der Waals surface area contributed by atoms with Gasteiger partial charge in [-0.2, -0.15) is 0 Å². The van der Waals surface area contributed by atoms with Crippen molar-refractivity contribution in [1.29, 1.82) is 0 Å². The van der Waals surface area contributed by atoms with Crippen LogP contribution in [0.2, 0.25) is 0 Å². The summed E-state index contributed by atoms with van der Waals surface area (Å²) < 4.78 is 28.9. The third kappa shape index (κ3) is 6.07. The van der Waals surface area contributed by atoms with E-state index in [9.17, 15) is 22.8 Å². The van der Waals surface area contributed by atoms with Crippen LogP contribution in [-0.4, -0.2) is 51.7 Å². The van der Waals surface area contributed by atoms with Gasteiger partial charge in [-0.1, -0.05) is 18.2 Å². The molecular formula is C21H25BN4O5S. The number of amides is 2. The maximum atomic E-state index is 12.6. The Bertz CT molecular complexity index is 1150. The van der Waals surface area contributed by atoms with Gasteiger partial charge in [0, 0.05) is 43.0 Å². The van der Waals surface area contributed by atoms with Gasteiger partial charge in [0.25, 0.3) is 11.5 Å². The van der Waals surface area contributed by atoms with Crippen molar-refractivity contribution >= 4 is 29.6 Å². The Balaban J connectivity index is 1.60. The van der Waals surface area contributed by atoms with Crippen LogP contribution in [-0.2, 0) is 23.0 Å². The Morgan fingerprint density at radius 3 is 2.59 bits per heavy atom. The summed E-state index contributed by atoms with van der Waals surface area (Å²) in [5.74, 6) is -0.963. The number of aryl methyl sites for hydroxylation is 1. The fourth-order valence-electron chi connectivity index (χ4n) is 3.63. The van der Waals surface area contributed by atoms with E-state index in [0.717, 1.165) is 12.1 Å². The van der Waals surface area contributed by atoms with Gasteiger partial charge in [-0.25, -0.2) is 13.1 Å². The zero-order chi connectivity index (χ0) is 23.3. The molecule has 2 radical (unpaired) electrons. The van der Waals surface area contributed by atoms with Crippen molar-refractivity contribution in [2.24, 2.45) is 5.92 Å². The normalized spacial score (nSPS) is 16.6. The first-order valence-electron chi connectivity index (χ1n) is 10.3. The Morgan fingerprint density at radius 1 is 1.19 bits per heavy atom. The van der Waals surface area contributed by atoms with E-state index in [4.69, 9.17) is 7.85 Å². The number of rotatable bonds is 8. The number of sulfonamides is 1. The second kappa shape index (κ2) is 10.1. The second-order valence-electron chi connectivity index (χ2n) is 7.88. The van der Waals surface area contributed by atoms with Crippen LogP contribution in [0.25, 0.3) is 0 Å². The molecule has 1 aromatic heterocycles. The highest BCUT2D eigenvalue weighted by atomic mass is 32.2. The molecule has 1 aliphatic heterocycles. The summed E-state index contributed by atoms with van der Waals surface area (Å²) in [6.07, 6.45) is 1.35. The van der Waals surface area contributed by atoms with Crippen molar-refractivity contribution in [1.82, 2.24) is 19.9 Å². The van der Waals surface area contributed by atoms with Gasteiger partial charge in [-0.05, 0) is 43.9 Å². The minimum Gasteiger partial charge on any atom is -0.366 e. The number of hydrogen-bond donors (Lipinski definition) is 3. The highest BCUT2D eigenvalue weighted by molar-refractivity contribution is 7.89. The summed E-state index contributed by atoms with van der Waals surface area (Å²) >= 11 is 0. The lowest BCUT2D eigenvalue weighted by Gasteiger charge is -2.26. The third-order valence-corrected chi connectivity index (χ3v) is 6.87. The smallest absolute Gasteiger partial charge is 0.251 e. The number of nitrogens with zero attached hydrogens (tertiary/aromatic N) is 1. The average Bonchev–Trinajstić information content (AvgIpc) is 2.76. The minimum atomic E-state index is -3.69. The number of nitrogens with one attached hydrogen (secondary N) is 3. The van der Waals surface area contributed by atoms with Gasteiger partial charge in [-0.15, -0.1) is 0 Å². The molecule has 32 heavy (non-hydrogen) atoms. The first-order chi connectivity index (χ1) is 15.2. The molecule has 2 heterocycles. The molecule has 3 N–H and O–H groups in total. The van der Waals surface area contributed by atoms with Crippen molar-refractivity contribution in [2.45, 2.75) is 37.2 Å². The molecule has 3 rings (SSSR count). The minimum absolute atomic E-state index is 0.0597. The fourth-order valence-corrected chi connectivity index (χ4v) is 4.90. The molecule has 168 valence electrons. The van der Waals surface area contributed by atoms with Crippen molar-refractivity contribution in [3.8, 4) is 0 Å². The predicted octanol–water partition coefficient (Wildman–Crippen LogP) is 0.386. The molecule has 2 unspecified atom stereocenters. The molecule has 0 aliphatic carbocycles. The van der Waals surface area contributed by atoms with Crippen molar-refractivity contribution in [3.63, 3.8) is 0 Å². The summed E-state index contributed by atoms with van der Waals surface area (Å²) in [6.45, 7) is 2.53. The molecule has 2 atom stereocenters. The van der Waals surface area contributed by atoms with Crippen LogP contribution < -0.4 is 20.9 Å². The maximum absolute atomic E-state index is 12.6. The Hall–Kier alpha value is -2.92. The highest BCUT2D eigenvalue weighted by Gasteiger charge is 2.22. The first-order valence-corrected chi connectivity index (χ1v) is 11.8. The fraction of sp³-hybridized carbons (Fsp3) is 0.381. The molecule has 0 saturated heterocycles. The number of pyridine rings is 1.